The second-order valence-electron chi connectivity index (χ2n) is 5.58. The summed E-state index contributed by atoms with van der Waals surface area (Å²) in [7, 11) is 0. The first kappa shape index (κ1) is 12.9. The van der Waals surface area contributed by atoms with Crippen LogP contribution in [0.3, 0.4) is 0 Å². The number of hydrogen-bond donors (Lipinski definition) is 0. The number of nitrogens with zero attached hydrogens (tertiary/aromatic N) is 1. The van der Waals surface area contributed by atoms with Crippen LogP contribution >= 0.6 is 0 Å². The van der Waals surface area contributed by atoms with Crippen LogP contribution in [0.2, 0.25) is 0 Å². The molecule has 3 rings (SSSR count). The van der Waals surface area contributed by atoms with E-state index in [9.17, 15) is 0 Å². The molecule has 1 aliphatic rings. The van der Waals surface area contributed by atoms with Gasteiger partial charge in [-0.3, -0.25) is 0 Å². The Labute approximate surface area is 120 Å². The molecule has 0 saturated heterocycles. The normalized spacial score (nSPS) is 13.7. The second kappa shape index (κ2) is 5.12. The summed E-state index contributed by atoms with van der Waals surface area (Å²) in [6.07, 6.45) is 2.19. The van der Waals surface area contributed by atoms with Crippen LogP contribution in [0.1, 0.15) is 36.5 Å². The SMILES string of the molecule is Cc1cccc2c1OC[N+](c1ccccc1C(C)C)=C2. The topological polar surface area (TPSA) is 12.2 Å². The molecule has 0 saturated carbocycles. The minimum Gasteiger partial charge on any atom is -0.435 e. The monoisotopic (exact) mass is 266 g/mol. The average Bonchev–Trinajstić information content (AvgIpc) is 2.47. The smallest absolute Gasteiger partial charge is 0.292 e. The van der Waals surface area contributed by atoms with Crippen molar-refractivity contribution in [3.05, 3.63) is 59.2 Å². The van der Waals surface area contributed by atoms with Crippen molar-refractivity contribution in [3.63, 3.8) is 0 Å². The molecule has 0 amide bonds. The largest absolute Gasteiger partial charge is 0.435 e. The third-order valence-electron chi connectivity index (χ3n) is 3.75. The van der Waals surface area contributed by atoms with E-state index in [1.165, 1.54) is 16.8 Å². The molecule has 0 spiro atoms. The van der Waals surface area contributed by atoms with Crippen molar-refractivity contribution < 1.29 is 9.31 Å². The molecule has 0 atom stereocenters. The van der Waals surface area contributed by atoms with Gasteiger partial charge in [0.25, 0.3) is 6.73 Å². The van der Waals surface area contributed by atoms with E-state index in [1.807, 2.05) is 0 Å². The molecule has 0 aromatic heterocycles. The zero-order chi connectivity index (χ0) is 14.1. The van der Waals surface area contributed by atoms with Gasteiger partial charge in [-0.15, -0.1) is 0 Å². The molecule has 2 aromatic rings. The van der Waals surface area contributed by atoms with Crippen molar-refractivity contribution >= 4 is 11.9 Å². The minimum atomic E-state index is 0.499. The highest BCUT2D eigenvalue weighted by Gasteiger charge is 2.23. The van der Waals surface area contributed by atoms with Gasteiger partial charge in [-0.1, -0.05) is 44.2 Å². The summed E-state index contributed by atoms with van der Waals surface area (Å²) in [4.78, 5) is 0. The molecule has 2 nitrogen and oxygen atoms in total. The van der Waals surface area contributed by atoms with Gasteiger partial charge in [0.2, 0.25) is 5.69 Å². The Balaban J connectivity index is 2.09. The van der Waals surface area contributed by atoms with Crippen LogP contribution in [-0.2, 0) is 0 Å². The van der Waals surface area contributed by atoms with Gasteiger partial charge in [-0.2, -0.15) is 4.58 Å². The molecule has 0 radical (unpaired) electrons. The summed E-state index contributed by atoms with van der Waals surface area (Å²) in [6, 6.07) is 14.8. The molecule has 0 N–H and O–H groups in total. The Morgan fingerprint density at radius 1 is 1.05 bits per heavy atom. The number of fused-ring (bicyclic) bond motifs is 1. The number of hydrogen-bond acceptors (Lipinski definition) is 1. The molecular formula is C18H20NO+. The maximum atomic E-state index is 5.95. The van der Waals surface area contributed by atoms with Crippen LogP contribution in [0.4, 0.5) is 5.69 Å². The van der Waals surface area contributed by atoms with Crippen LogP contribution in [0, 0.1) is 6.92 Å². The van der Waals surface area contributed by atoms with Crippen molar-refractivity contribution in [1.82, 2.24) is 0 Å². The molecule has 2 heteroatoms. The Kier molecular flexibility index (Phi) is 3.31. The van der Waals surface area contributed by atoms with E-state index in [2.05, 4.69) is 74.0 Å². The van der Waals surface area contributed by atoms with Gasteiger partial charge in [0.05, 0.1) is 5.56 Å². The number of rotatable bonds is 2. The summed E-state index contributed by atoms with van der Waals surface area (Å²) >= 11 is 0. The summed E-state index contributed by atoms with van der Waals surface area (Å²) in [5, 5.41) is 0. The molecule has 0 bridgehead atoms. The summed E-state index contributed by atoms with van der Waals surface area (Å²) in [5.74, 6) is 1.50. The molecule has 102 valence electrons. The lowest BCUT2D eigenvalue weighted by Crippen LogP contribution is -2.22. The number of ether oxygens (including phenoxy) is 1. The van der Waals surface area contributed by atoms with Crippen molar-refractivity contribution in [3.8, 4) is 5.75 Å². The van der Waals surface area contributed by atoms with E-state index in [1.54, 1.807) is 0 Å². The van der Waals surface area contributed by atoms with E-state index in [4.69, 9.17) is 4.74 Å². The van der Waals surface area contributed by atoms with Gasteiger partial charge in [0.1, 0.15) is 5.75 Å². The van der Waals surface area contributed by atoms with E-state index in [0.29, 0.717) is 12.6 Å². The third-order valence-corrected chi connectivity index (χ3v) is 3.75. The van der Waals surface area contributed by atoms with Crippen LogP contribution in [0.15, 0.2) is 42.5 Å². The first-order valence-electron chi connectivity index (χ1n) is 7.09. The highest BCUT2D eigenvalue weighted by atomic mass is 16.5. The van der Waals surface area contributed by atoms with Gasteiger partial charge in [-0.05, 0) is 24.5 Å². The molecular weight excluding hydrogens is 246 g/mol. The van der Waals surface area contributed by atoms with Gasteiger partial charge in [-0.25, -0.2) is 0 Å². The summed E-state index contributed by atoms with van der Waals surface area (Å²) < 4.78 is 8.14. The Bertz CT molecular complexity index is 671. The molecule has 0 unspecified atom stereocenters. The fourth-order valence-corrected chi connectivity index (χ4v) is 2.69. The van der Waals surface area contributed by atoms with Crippen LogP contribution < -0.4 is 4.74 Å². The molecule has 0 fully saturated rings. The number of para-hydroxylation sites is 2. The van der Waals surface area contributed by atoms with Crippen molar-refractivity contribution in [2.45, 2.75) is 26.7 Å². The maximum absolute atomic E-state index is 5.95. The first-order chi connectivity index (χ1) is 9.66. The van der Waals surface area contributed by atoms with Crippen LogP contribution in [0.5, 0.6) is 5.75 Å². The fraction of sp³-hybridized carbons (Fsp3) is 0.278. The van der Waals surface area contributed by atoms with Crippen molar-refractivity contribution in [1.29, 1.82) is 0 Å². The zero-order valence-electron chi connectivity index (χ0n) is 12.3. The van der Waals surface area contributed by atoms with E-state index in [-0.39, 0.29) is 0 Å². The third kappa shape index (κ3) is 2.22. The molecule has 2 aromatic carbocycles. The van der Waals surface area contributed by atoms with Crippen LogP contribution in [0.25, 0.3) is 0 Å². The lowest BCUT2D eigenvalue weighted by atomic mass is 10.0. The Morgan fingerprint density at radius 2 is 1.85 bits per heavy atom. The van der Waals surface area contributed by atoms with E-state index >= 15 is 0 Å². The quantitative estimate of drug-likeness (QED) is 0.741. The molecule has 0 aliphatic carbocycles. The average molecular weight is 266 g/mol. The van der Waals surface area contributed by atoms with Gasteiger partial charge < -0.3 is 4.74 Å². The number of aryl methyl sites for hydroxylation is 1. The van der Waals surface area contributed by atoms with Crippen molar-refractivity contribution in [2.24, 2.45) is 0 Å². The predicted molar refractivity (Wildman–Crippen MR) is 82.3 cm³/mol. The highest BCUT2D eigenvalue weighted by Crippen LogP contribution is 2.30. The Morgan fingerprint density at radius 3 is 2.65 bits per heavy atom. The minimum absolute atomic E-state index is 0.499. The van der Waals surface area contributed by atoms with E-state index < -0.39 is 0 Å². The predicted octanol–water partition coefficient (Wildman–Crippen LogP) is 4.23. The number of benzene rings is 2. The maximum Gasteiger partial charge on any atom is 0.292 e. The molecule has 1 aliphatic heterocycles. The lowest BCUT2D eigenvalue weighted by Gasteiger charge is -2.17. The summed E-state index contributed by atoms with van der Waals surface area (Å²) in [6.45, 7) is 7.11. The van der Waals surface area contributed by atoms with Gasteiger partial charge in [0.15, 0.2) is 6.21 Å². The van der Waals surface area contributed by atoms with Gasteiger partial charge >= 0.3 is 0 Å². The zero-order valence-corrected chi connectivity index (χ0v) is 12.3. The molecule has 1 heterocycles. The standard InChI is InChI=1S/C18H20NO/c1-13(2)16-9-4-5-10-17(16)19-11-15-8-6-7-14(3)18(15)20-12-19/h4-11,13H,12H2,1-3H3/q+1. The molecule has 20 heavy (non-hydrogen) atoms. The van der Waals surface area contributed by atoms with E-state index in [0.717, 1.165) is 11.3 Å². The van der Waals surface area contributed by atoms with Gasteiger partial charge in [0, 0.05) is 11.6 Å². The summed E-state index contributed by atoms with van der Waals surface area (Å²) in [5.41, 5.74) is 4.92. The highest BCUT2D eigenvalue weighted by molar-refractivity contribution is 5.82. The first-order valence-corrected chi connectivity index (χ1v) is 7.09. The lowest BCUT2D eigenvalue weighted by molar-refractivity contribution is -0.476. The Hall–Kier alpha value is -2.09. The van der Waals surface area contributed by atoms with Crippen LogP contribution in [-0.4, -0.2) is 17.5 Å². The second-order valence-corrected chi connectivity index (χ2v) is 5.58. The fourth-order valence-electron chi connectivity index (χ4n) is 2.69. The van der Waals surface area contributed by atoms with Crippen molar-refractivity contribution in [2.75, 3.05) is 6.73 Å².